The Morgan fingerprint density at radius 3 is 1.51 bits per heavy atom. The minimum absolute atomic E-state index is 0.232. The monoisotopic (exact) mass is 954 g/mol. The SMILES string of the molecule is O=C(Nc1cccc2ccccc12)c1cc(N2CCN(C(=O)OCc3ccccc3)CC2)nc(-c2cccnc2)n1.O=C(Nc1cccc2ccccc12)c1cc(N2CCNCC2)nc(-c2cccnc2)n1. The maximum atomic E-state index is 13.5. The van der Waals surface area contributed by atoms with E-state index in [1.807, 2.05) is 133 Å². The molecular formula is C56H50N12O4. The van der Waals surface area contributed by atoms with Gasteiger partial charge in [0, 0.05) is 123 Å². The van der Waals surface area contributed by atoms with Crippen molar-refractivity contribution in [1.82, 2.24) is 40.1 Å². The zero-order valence-corrected chi connectivity index (χ0v) is 39.3. The average molecular weight is 955 g/mol. The van der Waals surface area contributed by atoms with E-state index >= 15 is 0 Å². The summed E-state index contributed by atoms with van der Waals surface area (Å²) in [6.45, 7) is 5.65. The molecule has 6 heterocycles. The first-order valence-corrected chi connectivity index (χ1v) is 23.8. The van der Waals surface area contributed by atoms with Gasteiger partial charge in [0.1, 0.15) is 29.6 Å². The van der Waals surface area contributed by atoms with Crippen LogP contribution in [0, 0.1) is 0 Å². The zero-order chi connectivity index (χ0) is 49.1. The van der Waals surface area contributed by atoms with Gasteiger partial charge in [0.2, 0.25) is 0 Å². The Kier molecular flexibility index (Phi) is 14.3. The number of nitrogens with one attached hydrogen (secondary N) is 3. The van der Waals surface area contributed by atoms with Crippen LogP contribution in [0.3, 0.4) is 0 Å². The van der Waals surface area contributed by atoms with Crippen molar-refractivity contribution in [2.45, 2.75) is 6.61 Å². The number of hydrogen-bond acceptors (Lipinski definition) is 13. The summed E-state index contributed by atoms with van der Waals surface area (Å²) in [7, 11) is 0. The molecule has 3 amide bonds. The number of rotatable bonds is 10. The van der Waals surface area contributed by atoms with E-state index in [0.717, 1.165) is 70.4 Å². The second-order valence-electron chi connectivity index (χ2n) is 17.1. The molecule has 2 fully saturated rings. The minimum Gasteiger partial charge on any atom is -0.445 e. The van der Waals surface area contributed by atoms with E-state index in [2.05, 4.69) is 45.7 Å². The first-order valence-electron chi connectivity index (χ1n) is 23.8. The lowest BCUT2D eigenvalue weighted by Crippen LogP contribution is -2.49. The molecule has 3 N–H and O–H groups in total. The molecule has 0 atom stereocenters. The van der Waals surface area contributed by atoms with Crippen molar-refractivity contribution in [1.29, 1.82) is 0 Å². The van der Waals surface area contributed by atoms with Gasteiger partial charge in [-0.15, -0.1) is 0 Å². The van der Waals surface area contributed by atoms with E-state index in [1.54, 1.807) is 47.9 Å². The molecule has 0 spiro atoms. The summed E-state index contributed by atoms with van der Waals surface area (Å²) >= 11 is 0. The van der Waals surface area contributed by atoms with Gasteiger partial charge in [-0.3, -0.25) is 19.6 Å². The molecule has 0 bridgehead atoms. The van der Waals surface area contributed by atoms with Crippen molar-refractivity contribution < 1.29 is 19.1 Å². The Morgan fingerprint density at radius 2 is 1.00 bits per heavy atom. The van der Waals surface area contributed by atoms with Crippen LogP contribution in [0.25, 0.3) is 44.3 Å². The third-order valence-electron chi connectivity index (χ3n) is 12.3. The molecule has 2 aliphatic rings. The Bertz CT molecular complexity index is 3320. The minimum atomic E-state index is -0.345. The second-order valence-corrected chi connectivity index (χ2v) is 17.1. The number of hydrogen-bond donors (Lipinski definition) is 3. The standard InChI is InChI=1S/C32H28N6O3.C24H22N6O/c39-31(35-27-14-6-11-24-10-4-5-13-26(24)27)28-20-29(36-30(34-28)25-12-7-15-33-21-25)37-16-18-38(19-17-37)32(40)41-22-23-8-2-1-3-9-23;31-24(28-20-9-3-6-17-5-1-2-8-19(17)20)21-15-22(30-13-11-25-12-14-30)29-23(27-21)18-7-4-10-26-16-18/h1-15,20-21H,16-19,22H2,(H,35,39);1-10,15-16,25H,11-14H2,(H,28,31). The fourth-order valence-corrected chi connectivity index (χ4v) is 8.54. The van der Waals surface area contributed by atoms with Gasteiger partial charge in [0.25, 0.3) is 11.8 Å². The molecule has 4 aromatic heterocycles. The molecule has 16 heteroatoms. The molecule has 16 nitrogen and oxygen atoms in total. The molecule has 5 aromatic carbocycles. The lowest BCUT2D eigenvalue weighted by Gasteiger charge is -2.35. The van der Waals surface area contributed by atoms with Crippen molar-refractivity contribution in [3.63, 3.8) is 0 Å². The third-order valence-corrected chi connectivity index (χ3v) is 12.3. The normalized spacial score (nSPS) is 13.5. The van der Waals surface area contributed by atoms with E-state index in [4.69, 9.17) is 14.7 Å². The summed E-state index contributed by atoms with van der Waals surface area (Å²) in [6.07, 6.45) is 6.42. The maximum Gasteiger partial charge on any atom is 0.410 e. The summed E-state index contributed by atoms with van der Waals surface area (Å²) in [5.41, 5.74) is 4.46. The van der Waals surface area contributed by atoms with Crippen LogP contribution in [0.4, 0.5) is 27.8 Å². The van der Waals surface area contributed by atoms with Crippen molar-refractivity contribution >= 4 is 62.5 Å². The van der Waals surface area contributed by atoms with Gasteiger partial charge >= 0.3 is 6.09 Å². The molecule has 0 radical (unpaired) electrons. The Morgan fingerprint density at radius 1 is 0.514 bits per heavy atom. The van der Waals surface area contributed by atoms with Crippen LogP contribution < -0.4 is 25.8 Å². The number of fused-ring (bicyclic) bond motifs is 2. The molecule has 72 heavy (non-hydrogen) atoms. The van der Waals surface area contributed by atoms with Crippen LogP contribution in [0.2, 0.25) is 0 Å². The molecule has 2 aliphatic heterocycles. The molecule has 11 rings (SSSR count). The van der Waals surface area contributed by atoms with Crippen LogP contribution >= 0.6 is 0 Å². The molecular weight excluding hydrogens is 905 g/mol. The highest BCUT2D eigenvalue weighted by atomic mass is 16.6. The number of piperazine rings is 2. The maximum absolute atomic E-state index is 13.5. The first kappa shape index (κ1) is 46.6. The van der Waals surface area contributed by atoms with Gasteiger partial charge < -0.3 is 35.4 Å². The summed E-state index contributed by atoms with van der Waals surface area (Å²) in [5, 5.41) is 13.4. The number of amides is 3. The van der Waals surface area contributed by atoms with Gasteiger partial charge in [-0.05, 0) is 52.7 Å². The van der Waals surface area contributed by atoms with Gasteiger partial charge in [-0.25, -0.2) is 24.7 Å². The van der Waals surface area contributed by atoms with E-state index in [1.165, 1.54) is 0 Å². The molecule has 2 saturated heterocycles. The molecule has 0 aliphatic carbocycles. The van der Waals surface area contributed by atoms with Gasteiger partial charge in [0.15, 0.2) is 11.6 Å². The number of pyridine rings is 2. The van der Waals surface area contributed by atoms with E-state index in [9.17, 15) is 14.4 Å². The molecule has 358 valence electrons. The fraction of sp³-hybridized carbons (Fsp3) is 0.161. The number of anilines is 4. The number of nitrogens with zero attached hydrogens (tertiary/aromatic N) is 9. The van der Waals surface area contributed by atoms with Crippen LogP contribution in [0.5, 0.6) is 0 Å². The van der Waals surface area contributed by atoms with Crippen molar-refractivity contribution in [3.05, 3.63) is 193 Å². The summed E-state index contributed by atoms with van der Waals surface area (Å²) < 4.78 is 5.51. The van der Waals surface area contributed by atoms with Crippen LogP contribution in [0.15, 0.2) is 176 Å². The quantitative estimate of drug-likeness (QED) is 0.118. The Balaban J connectivity index is 0.000000172. The largest absolute Gasteiger partial charge is 0.445 e. The van der Waals surface area contributed by atoms with E-state index in [-0.39, 0.29) is 30.2 Å². The highest BCUT2D eigenvalue weighted by Gasteiger charge is 2.25. The van der Waals surface area contributed by atoms with Crippen LogP contribution in [0.1, 0.15) is 26.5 Å². The van der Waals surface area contributed by atoms with E-state index in [0.29, 0.717) is 60.6 Å². The molecule has 0 unspecified atom stereocenters. The van der Waals surface area contributed by atoms with Crippen molar-refractivity contribution in [2.75, 3.05) is 72.8 Å². The smallest absolute Gasteiger partial charge is 0.410 e. The summed E-state index contributed by atoms with van der Waals surface area (Å²) in [6, 6.07) is 48.0. The topological polar surface area (TPSA) is 184 Å². The van der Waals surface area contributed by atoms with Crippen LogP contribution in [-0.2, 0) is 11.3 Å². The lowest BCUT2D eigenvalue weighted by molar-refractivity contribution is 0.0940. The first-order chi connectivity index (χ1) is 35.4. The van der Waals surface area contributed by atoms with E-state index < -0.39 is 0 Å². The predicted octanol–water partition coefficient (Wildman–Crippen LogP) is 8.76. The van der Waals surface area contributed by atoms with Gasteiger partial charge in [-0.2, -0.15) is 0 Å². The Hall–Kier alpha value is -9.15. The lowest BCUT2D eigenvalue weighted by atomic mass is 10.1. The predicted molar refractivity (Wildman–Crippen MR) is 280 cm³/mol. The second kappa shape index (κ2) is 22.1. The van der Waals surface area contributed by atoms with Crippen LogP contribution in [-0.4, -0.2) is 105 Å². The van der Waals surface area contributed by atoms with Gasteiger partial charge in [0.05, 0.1) is 0 Å². The molecule has 9 aromatic rings. The Labute approximate surface area is 415 Å². The number of ether oxygens (including phenoxy) is 1. The van der Waals surface area contributed by atoms with Crippen molar-refractivity contribution in [2.24, 2.45) is 0 Å². The third kappa shape index (κ3) is 11.1. The number of carbonyl (C=O) groups excluding carboxylic acids is 3. The van der Waals surface area contributed by atoms with Gasteiger partial charge in [-0.1, -0.05) is 103 Å². The summed E-state index contributed by atoms with van der Waals surface area (Å²) in [5.74, 6) is 1.66. The average Bonchev–Trinajstić information content (AvgIpc) is 3.45. The fourth-order valence-electron chi connectivity index (χ4n) is 8.54. The molecule has 0 saturated carbocycles. The highest BCUT2D eigenvalue weighted by Crippen LogP contribution is 2.28. The summed E-state index contributed by atoms with van der Waals surface area (Å²) in [4.78, 5) is 72.4. The highest BCUT2D eigenvalue weighted by molar-refractivity contribution is 6.09. The van der Waals surface area contributed by atoms with Crippen molar-refractivity contribution in [3.8, 4) is 22.8 Å². The number of carbonyl (C=O) groups is 3. The zero-order valence-electron chi connectivity index (χ0n) is 39.3. The number of aromatic nitrogens is 6. The number of benzene rings is 5.